The van der Waals surface area contributed by atoms with Crippen LogP contribution in [0, 0.1) is 5.92 Å². The summed E-state index contributed by atoms with van der Waals surface area (Å²) in [5, 5.41) is 15.0. The van der Waals surface area contributed by atoms with Crippen LogP contribution in [0.15, 0.2) is 0 Å². The monoisotopic (exact) mass is 258 g/mol. The molecule has 3 N–H and O–H groups in total. The fourth-order valence-corrected chi connectivity index (χ4v) is 2.28. The Morgan fingerprint density at radius 3 is 2.72 bits per heavy atom. The first-order valence-electron chi connectivity index (χ1n) is 6.83. The summed E-state index contributed by atoms with van der Waals surface area (Å²) in [6, 6.07) is -0.116. The minimum atomic E-state index is -0.323. The van der Waals surface area contributed by atoms with Gasteiger partial charge < -0.3 is 20.5 Å². The Balaban J connectivity index is 2.16. The minimum Gasteiger partial charge on any atom is -0.393 e. The van der Waals surface area contributed by atoms with Crippen molar-refractivity contribution in [2.45, 2.75) is 58.3 Å². The number of ether oxygens (including phenoxy) is 1. The van der Waals surface area contributed by atoms with E-state index in [2.05, 4.69) is 10.6 Å². The molecule has 1 fully saturated rings. The van der Waals surface area contributed by atoms with Crippen molar-refractivity contribution in [3.05, 3.63) is 0 Å². The Morgan fingerprint density at radius 2 is 2.17 bits per heavy atom. The topological polar surface area (TPSA) is 70.6 Å². The van der Waals surface area contributed by atoms with Crippen LogP contribution in [0.5, 0.6) is 0 Å². The largest absolute Gasteiger partial charge is 0.393 e. The highest BCUT2D eigenvalue weighted by Crippen LogP contribution is 2.15. The molecule has 1 aliphatic rings. The highest BCUT2D eigenvalue weighted by atomic mass is 16.5. The molecule has 0 bridgehead atoms. The van der Waals surface area contributed by atoms with Crippen molar-refractivity contribution in [3.8, 4) is 0 Å². The molecule has 0 aromatic rings. The lowest BCUT2D eigenvalue weighted by molar-refractivity contribution is 0.0859. The van der Waals surface area contributed by atoms with Gasteiger partial charge in [-0.2, -0.15) is 0 Å². The van der Waals surface area contributed by atoms with Gasteiger partial charge in [-0.05, 0) is 39.0 Å². The molecule has 0 aromatic heterocycles. The van der Waals surface area contributed by atoms with Gasteiger partial charge in [0.1, 0.15) is 0 Å². The molecule has 0 radical (unpaired) electrons. The fourth-order valence-electron chi connectivity index (χ4n) is 2.28. The molecule has 0 spiro atoms. The van der Waals surface area contributed by atoms with E-state index in [-0.39, 0.29) is 30.2 Å². The number of carbonyl (C=O) groups excluding carboxylic acids is 1. The number of amides is 2. The summed E-state index contributed by atoms with van der Waals surface area (Å²) in [5.41, 5.74) is 0. The quantitative estimate of drug-likeness (QED) is 0.671. The smallest absolute Gasteiger partial charge is 0.315 e. The maximum absolute atomic E-state index is 11.7. The number of nitrogens with one attached hydrogen (secondary N) is 2. The van der Waals surface area contributed by atoms with Crippen LogP contribution >= 0.6 is 0 Å². The van der Waals surface area contributed by atoms with Gasteiger partial charge in [-0.3, -0.25) is 0 Å². The summed E-state index contributed by atoms with van der Waals surface area (Å²) in [6.07, 6.45) is 2.60. The van der Waals surface area contributed by atoms with E-state index in [0.29, 0.717) is 13.0 Å². The van der Waals surface area contributed by atoms with Crippen LogP contribution in [-0.4, -0.2) is 42.5 Å². The zero-order valence-corrected chi connectivity index (χ0v) is 11.6. The third-order valence-corrected chi connectivity index (χ3v) is 3.24. The maximum Gasteiger partial charge on any atom is 0.315 e. The zero-order valence-electron chi connectivity index (χ0n) is 11.6. The number of urea groups is 1. The average Bonchev–Trinajstić information content (AvgIpc) is 2.78. The molecule has 0 aliphatic carbocycles. The van der Waals surface area contributed by atoms with Crippen LogP contribution in [0.4, 0.5) is 4.79 Å². The van der Waals surface area contributed by atoms with E-state index >= 15 is 0 Å². The van der Waals surface area contributed by atoms with Crippen molar-refractivity contribution in [3.63, 3.8) is 0 Å². The lowest BCUT2D eigenvalue weighted by Gasteiger charge is -2.21. The predicted octanol–water partition coefficient (Wildman–Crippen LogP) is 1.26. The number of hydrogen-bond acceptors (Lipinski definition) is 3. The van der Waals surface area contributed by atoms with Gasteiger partial charge in [-0.15, -0.1) is 0 Å². The lowest BCUT2D eigenvalue weighted by atomic mass is 10.1. The maximum atomic E-state index is 11.7. The van der Waals surface area contributed by atoms with Crippen LogP contribution in [0.3, 0.4) is 0 Å². The third kappa shape index (κ3) is 5.69. The van der Waals surface area contributed by atoms with E-state index in [9.17, 15) is 9.90 Å². The molecule has 4 unspecified atom stereocenters. The molecule has 5 heteroatoms. The van der Waals surface area contributed by atoms with Gasteiger partial charge in [0, 0.05) is 13.2 Å². The first-order chi connectivity index (χ1) is 8.49. The first-order valence-corrected chi connectivity index (χ1v) is 6.83. The number of rotatable bonds is 6. The highest BCUT2D eigenvalue weighted by molar-refractivity contribution is 5.74. The standard InChI is InChI=1S/C13H26N2O3/c1-9(7-10(2)16)8-14-13(17)15-11(3)12-5-4-6-18-12/h9-12,16H,4-8H2,1-3H3,(H2,14,15,17). The first kappa shape index (κ1) is 15.2. The molecule has 1 aliphatic heterocycles. The van der Waals surface area contributed by atoms with Gasteiger partial charge in [0.05, 0.1) is 18.2 Å². The normalized spacial score (nSPS) is 24.3. The Hall–Kier alpha value is -0.810. The van der Waals surface area contributed by atoms with Crippen LogP contribution in [0.25, 0.3) is 0 Å². The van der Waals surface area contributed by atoms with Crippen molar-refractivity contribution in [1.82, 2.24) is 10.6 Å². The molecular formula is C13H26N2O3. The van der Waals surface area contributed by atoms with Gasteiger partial charge in [0.2, 0.25) is 0 Å². The molecule has 4 atom stereocenters. The Labute approximate surface area is 109 Å². The second-order valence-corrected chi connectivity index (χ2v) is 5.38. The second-order valence-electron chi connectivity index (χ2n) is 5.38. The molecule has 2 amide bonds. The third-order valence-electron chi connectivity index (χ3n) is 3.24. The SMILES string of the molecule is CC(O)CC(C)CNC(=O)NC(C)C1CCCO1. The molecule has 1 heterocycles. The molecule has 1 rings (SSSR count). The summed E-state index contributed by atoms with van der Waals surface area (Å²) >= 11 is 0. The summed E-state index contributed by atoms with van der Waals surface area (Å²) in [5.74, 6) is 0.272. The van der Waals surface area contributed by atoms with Crippen LogP contribution < -0.4 is 10.6 Å². The number of aliphatic hydroxyl groups is 1. The summed E-state index contributed by atoms with van der Waals surface area (Å²) < 4.78 is 5.52. The van der Waals surface area contributed by atoms with E-state index in [4.69, 9.17) is 4.74 Å². The summed E-state index contributed by atoms with van der Waals surface area (Å²) in [4.78, 5) is 11.7. The Kier molecular flexibility index (Phi) is 6.43. The molecular weight excluding hydrogens is 232 g/mol. The fraction of sp³-hybridized carbons (Fsp3) is 0.923. The predicted molar refractivity (Wildman–Crippen MR) is 70.4 cm³/mol. The van der Waals surface area contributed by atoms with Crippen molar-refractivity contribution < 1.29 is 14.6 Å². The van der Waals surface area contributed by atoms with Gasteiger partial charge in [0.15, 0.2) is 0 Å². The molecule has 18 heavy (non-hydrogen) atoms. The van der Waals surface area contributed by atoms with Gasteiger partial charge in [-0.25, -0.2) is 4.79 Å². The van der Waals surface area contributed by atoms with Crippen LogP contribution in [-0.2, 0) is 4.74 Å². The molecule has 0 aromatic carbocycles. The van der Waals surface area contributed by atoms with E-state index in [1.165, 1.54) is 0 Å². The zero-order chi connectivity index (χ0) is 13.5. The number of hydrogen-bond donors (Lipinski definition) is 3. The highest BCUT2D eigenvalue weighted by Gasteiger charge is 2.23. The minimum absolute atomic E-state index is 0.0413. The van der Waals surface area contributed by atoms with E-state index in [0.717, 1.165) is 19.4 Å². The van der Waals surface area contributed by atoms with E-state index < -0.39 is 0 Å². The van der Waals surface area contributed by atoms with Crippen molar-refractivity contribution >= 4 is 6.03 Å². The lowest BCUT2D eigenvalue weighted by Crippen LogP contribution is -2.46. The van der Waals surface area contributed by atoms with Crippen LogP contribution in [0.1, 0.15) is 40.0 Å². The van der Waals surface area contributed by atoms with E-state index in [1.54, 1.807) is 6.92 Å². The Morgan fingerprint density at radius 1 is 1.44 bits per heavy atom. The van der Waals surface area contributed by atoms with Gasteiger partial charge in [0.25, 0.3) is 0 Å². The molecule has 1 saturated heterocycles. The van der Waals surface area contributed by atoms with Crippen molar-refractivity contribution in [2.75, 3.05) is 13.2 Å². The Bertz CT molecular complexity index is 253. The van der Waals surface area contributed by atoms with Gasteiger partial charge >= 0.3 is 6.03 Å². The molecule has 106 valence electrons. The van der Waals surface area contributed by atoms with E-state index in [1.807, 2.05) is 13.8 Å². The second kappa shape index (κ2) is 7.59. The average molecular weight is 258 g/mol. The van der Waals surface area contributed by atoms with Gasteiger partial charge in [-0.1, -0.05) is 6.92 Å². The van der Waals surface area contributed by atoms with Crippen molar-refractivity contribution in [1.29, 1.82) is 0 Å². The summed E-state index contributed by atoms with van der Waals surface area (Å²) in [7, 11) is 0. The number of aliphatic hydroxyl groups excluding tert-OH is 1. The summed E-state index contributed by atoms with van der Waals surface area (Å²) in [6.45, 7) is 7.11. The van der Waals surface area contributed by atoms with Crippen molar-refractivity contribution in [2.24, 2.45) is 5.92 Å². The molecule has 0 saturated carbocycles. The number of carbonyl (C=O) groups is 1. The molecule has 5 nitrogen and oxygen atoms in total. The van der Waals surface area contributed by atoms with Crippen LogP contribution in [0.2, 0.25) is 0 Å².